The van der Waals surface area contributed by atoms with E-state index in [1.165, 1.54) is 75.5 Å². The monoisotopic (exact) mass is 448 g/mol. The van der Waals surface area contributed by atoms with Gasteiger partial charge < -0.3 is 15.6 Å². The molecule has 3 N–H and O–H groups in total. The smallest absolute Gasteiger partial charge is 0.143 e. The summed E-state index contributed by atoms with van der Waals surface area (Å²) in [6.07, 6.45) is 15.2. The predicted molar refractivity (Wildman–Crippen MR) is 134 cm³/mol. The molecule has 2 fully saturated rings. The number of aromatic amines is 1. The molecule has 0 spiro atoms. The first-order chi connectivity index (χ1) is 15.7. The molecule has 1 saturated heterocycles. The summed E-state index contributed by atoms with van der Waals surface area (Å²) in [5, 5.41) is 1.94. The van der Waals surface area contributed by atoms with Gasteiger partial charge in [0, 0.05) is 17.8 Å². The van der Waals surface area contributed by atoms with Gasteiger partial charge in [-0.2, -0.15) is 0 Å². The van der Waals surface area contributed by atoms with E-state index in [2.05, 4.69) is 37.0 Å². The Labute approximate surface area is 193 Å². The highest BCUT2D eigenvalue weighted by atomic mass is 32.1. The van der Waals surface area contributed by atoms with E-state index in [0.29, 0.717) is 5.82 Å². The Morgan fingerprint density at radius 1 is 1.03 bits per heavy atom. The van der Waals surface area contributed by atoms with Crippen molar-refractivity contribution in [2.24, 2.45) is 0 Å². The lowest BCUT2D eigenvalue weighted by atomic mass is 9.93. The van der Waals surface area contributed by atoms with Crippen LogP contribution in [0.5, 0.6) is 0 Å². The minimum absolute atomic E-state index is 0.492. The van der Waals surface area contributed by atoms with Crippen LogP contribution < -0.4 is 5.73 Å². The van der Waals surface area contributed by atoms with Crippen LogP contribution in [0.4, 0.5) is 5.82 Å². The fourth-order valence-electron chi connectivity index (χ4n) is 5.15. The fourth-order valence-corrected chi connectivity index (χ4v) is 6.02. The highest BCUT2D eigenvalue weighted by molar-refractivity contribution is 7.18. The molecule has 6 nitrogen and oxygen atoms in total. The number of piperidine rings is 1. The first kappa shape index (κ1) is 21.3. The Morgan fingerprint density at radius 2 is 1.81 bits per heavy atom. The molecular weight excluding hydrogens is 416 g/mol. The summed E-state index contributed by atoms with van der Waals surface area (Å²) in [5.74, 6) is 0.492. The minimum Gasteiger partial charge on any atom is -0.383 e. The molecule has 4 heterocycles. The van der Waals surface area contributed by atoms with Crippen LogP contribution in [0.25, 0.3) is 32.4 Å². The second kappa shape index (κ2) is 9.55. The number of benzene rings is 1. The molecule has 4 aromatic rings. The summed E-state index contributed by atoms with van der Waals surface area (Å²) in [6.45, 7) is 4.80. The number of H-pyrrole nitrogens is 1. The number of likely N-dealkylation sites (tertiary alicyclic amines) is 1. The summed E-state index contributed by atoms with van der Waals surface area (Å²) in [5.41, 5.74) is 9.87. The van der Waals surface area contributed by atoms with Crippen molar-refractivity contribution >= 4 is 38.4 Å². The Hall–Kier alpha value is -2.51. The van der Waals surface area contributed by atoms with E-state index in [-0.39, 0.29) is 0 Å². The maximum absolute atomic E-state index is 5.97. The van der Waals surface area contributed by atoms with Gasteiger partial charge in [0.25, 0.3) is 0 Å². The highest BCUT2D eigenvalue weighted by Gasteiger charge is 2.21. The lowest BCUT2D eigenvalue weighted by Crippen LogP contribution is -2.40. The van der Waals surface area contributed by atoms with E-state index in [1.54, 1.807) is 11.3 Å². The zero-order valence-electron chi connectivity index (χ0n) is 18.8. The van der Waals surface area contributed by atoms with Gasteiger partial charge in [-0.05, 0) is 63.4 Å². The van der Waals surface area contributed by atoms with Gasteiger partial charge in [-0.3, -0.25) is 0 Å². The second-order valence-corrected chi connectivity index (χ2v) is 10.2. The van der Waals surface area contributed by atoms with Crippen molar-refractivity contribution in [3.05, 3.63) is 35.7 Å². The molecule has 32 heavy (non-hydrogen) atoms. The first-order valence-corrected chi connectivity index (χ1v) is 12.7. The number of nitrogens with one attached hydrogen (secondary N) is 1. The molecule has 0 unspecified atom stereocenters. The van der Waals surface area contributed by atoms with Gasteiger partial charge >= 0.3 is 0 Å². The largest absolute Gasteiger partial charge is 0.383 e. The summed E-state index contributed by atoms with van der Waals surface area (Å²) < 4.78 is 1.17. The number of thiazole rings is 1. The van der Waals surface area contributed by atoms with Crippen molar-refractivity contribution in [1.82, 2.24) is 24.8 Å². The molecule has 1 aliphatic heterocycles. The lowest BCUT2D eigenvalue weighted by molar-refractivity contribution is 0.131. The van der Waals surface area contributed by atoms with Crippen LogP contribution in [0.1, 0.15) is 56.4 Å². The third-order valence-electron chi connectivity index (χ3n) is 6.79. The van der Waals surface area contributed by atoms with Crippen LogP contribution in [0.3, 0.4) is 0 Å². The standard InChI is InChI=1S/C14H11N5S.C11H21N/c1-7-19-10-3-2-8(4-11(10)20-7)9-5-16-14-12(9)13(15)17-6-18-14;1-3-7-11(8-4-1)12-9-5-2-6-10-12/h2-6H,1H3,(H3,15,16,17,18);11H,1-10H2. The highest BCUT2D eigenvalue weighted by Crippen LogP contribution is 2.33. The molecule has 0 atom stereocenters. The molecule has 0 amide bonds. The minimum atomic E-state index is 0.492. The summed E-state index contributed by atoms with van der Waals surface area (Å²) in [4.78, 5) is 18.6. The normalized spacial score (nSPS) is 18.0. The molecule has 3 aromatic heterocycles. The SMILES string of the molecule is C1CCC(N2CCCCC2)CC1.Cc1nc2ccc(-c3c[nH]c4ncnc(N)c34)cc2s1. The van der Waals surface area contributed by atoms with Crippen molar-refractivity contribution < 1.29 is 0 Å². The number of aromatic nitrogens is 4. The number of nitrogens with zero attached hydrogens (tertiary/aromatic N) is 4. The molecule has 2 aliphatic rings. The van der Waals surface area contributed by atoms with E-state index < -0.39 is 0 Å². The molecule has 6 rings (SSSR count). The van der Waals surface area contributed by atoms with Crippen molar-refractivity contribution in [3.8, 4) is 11.1 Å². The molecule has 0 bridgehead atoms. The number of aryl methyl sites for hydroxylation is 1. The maximum Gasteiger partial charge on any atom is 0.143 e. The van der Waals surface area contributed by atoms with E-state index in [4.69, 9.17) is 5.73 Å². The number of hydrogen-bond acceptors (Lipinski definition) is 6. The Balaban J connectivity index is 0.000000154. The van der Waals surface area contributed by atoms with Gasteiger partial charge in [-0.1, -0.05) is 31.7 Å². The third kappa shape index (κ3) is 4.50. The Kier molecular flexibility index (Phi) is 6.37. The number of rotatable bonds is 2. The number of hydrogen-bond donors (Lipinski definition) is 2. The van der Waals surface area contributed by atoms with Gasteiger partial charge in [0.1, 0.15) is 17.8 Å². The topological polar surface area (TPSA) is 83.7 Å². The quantitative estimate of drug-likeness (QED) is 0.397. The average molecular weight is 449 g/mol. The molecule has 7 heteroatoms. The fraction of sp³-hybridized carbons (Fsp3) is 0.480. The van der Waals surface area contributed by atoms with Crippen molar-refractivity contribution in [2.45, 2.75) is 64.3 Å². The van der Waals surface area contributed by atoms with E-state index >= 15 is 0 Å². The predicted octanol–water partition coefficient (Wildman–Crippen LogP) is 5.93. The van der Waals surface area contributed by atoms with E-state index in [9.17, 15) is 0 Å². The number of nitrogen functional groups attached to an aromatic ring is 1. The molecule has 168 valence electrons. The van der Waals surface area contributed by atoms with Crippen LogP contribution in [-0.4, -0.2) is 44.0 Å². The van der Waals surface area contributed by atoms with Crippen LogP contribution >= 0.6 is 11.3 Å². The third-order valence-corrected chi connectivity index (χ3v) is 7.72. The Bertz CT molecular complexity index is 1170. The lowest BCUT2D eigenvalue weighted by Gasteiger charge is -2.36. The summed E-state index contributed by atoms with van der Waals surface area (Å²) in [6, 6.07) is 7.19. The number of nitrogens with two attached hydrogens (primary N) is 1. The van der Waals surface area contributed by atoms with Crippen LogP contribution in [0.2, 0.25) is 0 Å². The maximum atomic E-state index is 5.97. The average Bonchev–Trinajstić information content (AvgIpc) is 3.43. The van der Waals surface area contributed by atoms with Crippen LogP contribution in [0, 0.1) is 6.92 Å². The first-order valence-electron chi connectivity index (χ1n) is 11.9. The number of anilines is 1. The molecule has 1 saturated carbocycles. The van der Waals surface area contributed by atoms with Crippen molar-refractivity contribution in [3.63, 3.8) is 0 Å². The zero-order chi connectivity index (χ0) is 21.9. The van der Waals surface area contributed by atoms with Gasteiger partial charge in [-0.25, -0.2) is 15.0 Å². The molecule has 1 aromatic carbocycles. The van der Waals surface area contributed by atoms with Crippen LogP contribution in [0.15, 0.2) is 30.7 Å². The zero-order valence-corrected chi connectivity index (χ0v) is 19.6. The van der Waals surface area contributed by atoms with E-state index in [0.717, 1.165) is 38.7 Å². The van der Waals surface area contributed by atoms with Crippen molar-refractivity contribution in [1.29, 1.82) is 0 Å². The van der Waals surface area contributed by atoms with Gasteiger partial charge in [0.05, 0.1) is 20.6 Å². The van der Waals surface area contributed by atoms with Crippen LogP contribution in [-0.2, 0) is 0 Å². The van der Waals surface area contributed by atoms with E-state index in [1.807, 2.05) is 19.2 Å². The van der Waals surface area contributed by atoms with Crippen molar-refractivity contribution in [2.75, 3.05) is 18.8 Å². The van der Waals surface area contributed by atoms with Gasteiger partial charge in [0.15, 0.2) is 0 Å². The Morgan fingerprint density at radius 3 is 2.62 bits per heavy atom. The summed E-state index contributed by atoms with van der Waals surface area (Å²) >= 11 is 1.69. The molecule has 1 aliphatic carbocycles. The second-order valence-electron chi connectivity index (χ2n) is 8.99. The van der Waals surface area contributed by atoms with Gasteiger partial charge in [-0.15, -0.1) is 11.3 Å². The molecule has 0 radical (unpaired) electrons. The van der Waals surface area contributed by atoms with Gasteiger partial charge in [0.2, 0.25) is 0 Å². The summed E-state index contributed by atoms with van der Waals surface area (Å²) in [7, 11) is 0. The number of fused-ring (bicyclic) bond motifs is 2. The molecular formula is C25H32N6S.